The highest BCUT2D eigenvalue weighted by molar-refractivity contribution is 6.38. The Morgan fingerprint density at radius 2 is 1.70 bits per heavy atom. The number of nitrogens with one attached hydrogen (secondary N) is 2. The number of ether oxygens (including phenoxy) is 1. The zero-order chi connectivity index (χ0) is 23.2. The molecule has 1 aliphatic heterocycles. The Morgan fingerprint density at radius 1 is 1.00 bits per heavy atom. The summed E-state index contributed by atoms with van der Waals surface area (Å²) in [6.07, 6.45) is 1.54. The van der Waals surface area contributed by atoms with Gasteiger partial charge in [-0.1, -0.05) is 18.2 Å². The number of amides is 2. The molecule has 9 nitrogen and oxygen atoms in total. The average Bonchev–Trinajstić information content (AvgIpc) is 3.52. The number of hydrogen-bond acceptors (Lipinski definition) is 7. The predicted molar refractivity (Wildman–Crippen MR) is 123 cm³/mol. The van der Waals surface area contributed by atoms with Gasteiger partial charge in [0.1, 0.15) is 11.8 Å². The molecule has 2 amide bonds. The molecule has 2 heterocycles. The molecule has 1 atom stereocenters. The van der Waals surface area contributed by atoms with Crippen molar-refractivity contribution in [2.45, 2.75) is 19.4 Å². The molecule has 9 heteroatoms. The molecule has 0 saturated carbocycles. The topological polar surface area (TPSA) is 113 Å². The Hall–Kier alpha value is -4.40. The van der Waals surface area contributed by atoms with Crippen LogP contribution in [0, 0.1) is 0 Å². The quantitative estimate of drug-likeness (QED) is 0.536. The van der Waals surface area contributed by atoms with Gasteiger partial charge in [0.2, 0.25) is 5.91 Å². The number of nitrogens with zero attached hydrogens (tertiary/aromatic N) is 2. The molecule has 0 aliphatic carbocycles. The van der Waals surface area contributed by atoms with Crippen LogP contribution < -0.4 is 15.6 Å². The Morgan fingerprint density at radius 3 is 2.33 bits per heavy atom. The first-order valence-corrected chi connectivity index (χ1v) is 10.4. The first-order chi connectivity index (χ1) is 16.0. The van der Waals surface area contributed by atoms with Crippen molar-refractivity contribution in [3.8, 4) is 0 Å². The van der Waals surface area contributed by atoms with Gasteiger partial charge in [-0.25, -0.2) is 4.79 Å². The summed E-state index contributed by atoms with van der Waals surface area (Å²) < 4.78 is 10.1. The molecule has 0 radical (unpaired) electrons. The van der Waals surface area contributed by atoms with E-state index in [4.69, 9.17) is 9.15 Å². The van der Waals surface area contributed by atoms with Gasteiger partial charge in [-0.2, -0.15) is 5.10 Å². The summed E-state index contributed by atoms with van der Waals surface area (Å²) >= 11 is 0. The standard InChI is InChI=1S/C24H22N4O5/c1-2-32-24(31)19-15-20(28(27-19)18-7-4-3-5-8-18)22(29)25-16-10-12-17(13-11-16)26-23(30)21-9-6-14-33-21/h3-14,20H,2,15H2,1H3,(H,25,29)(H,26,30). The Bertz CT molecular complexity index is 1160. The van der Waals surface area contributed by atoms with Crippen LogP contribution in [0.25, 0.3) is 0 Å². The fraction of sp³-hybridized carbons (Fsp3) is 0.167. The first-order valence-electron chi connectivity index (χ1n) is 10.4. The molecule has 33 heavy (non-hydrogen) atoms. The van der Waals surface area contributed by atoms with Crippen molar-refractivity contribution < 1.29 is 23.5 Å². The van der Waals surface area contributed by atoms with Crippen molar-refractivity contribution >= 4 is 40.6 Å². The van der Waals surface area contributed by atoms with E-state index in [2.05, 4.69) is 15.7 Å². The summed E-state index contributed by atoms with van der Waals surface area (Å²) in [5.41, 5.74) is 1.97. The van der Waals surface area contributed by atoms with Crippen LogP contribution in [-0.2, 0) is 14.3 Å². The van der Waals surface area contributed by atoms with E-state index in [9.17, 15) is 14.4 Å². The van der Waals surface area contributed by atoms with E-state index in [0.29, 0.717) is 17.1 Å². The first kappa shape index (κ1) is 21.8. The lowest BCUT2D eigenvalue weighted by atomic mass is 10.1. The van der Waals surface area contributed by atoms with E-state index in [1.807, 2.05) is 30.3 Å². The minimum Gasteiger partial charge on any atom is -0.461 e. The number of para-hydroxylation sites is 1. The lowest BCUT2D eigenvalue weighted by molar-refractivity contribution is -0.135. The van der Waals surface area contributed by atoms with Gasteiger partial charge in [0, 0.05) is 17.8 Å². The Kier molecular flexibility index (Phi) is 6.49. The molecular formula is C24H22N4O5. The molecule has 0 spiro atoms. The summed E-state index contributed by atoms with van der Waals surface area (Å²) in [5.74, 6) is -1.03. The fourth-order valence-electron chi connectivity index (χ4n) is 3.33. The monoisotopic (exact) mass is 446 g/mol. The van der Waals surface area contributed by atoms with Crippen LogP contribution in [0.2, 0.25) is 0 Å². The lowest BCUT2D eigenvalue weighted by Crippen LogP contribution is -2.38. The molecule has 3 aromatic rings. The second kappa shape index (κ2) is 9.82. The largest absolute Gasteiger partial charge is 0.461 e. The summed E-state index contributed by atoms with van der Waals surface area (Å²) in [5, 5.41) is 11.4. The van der Waals surface area contributed by atoms with E-state index in [1.165, 1.54) is 11.3 Å². The molecule has 2 N–H and O–H groups in total. The number of carbonyl (C=O) groups excluding carboxylic acids is 3. The molecule has 0 fully saturated rings. The van der Waals surface area contributed by atoms with Crippen molar-refractivity contribution in [3.05, 3.63) is 78.8 Å². The van der Waals surface area contributed by atoms with E-state index in [0.717, 1.165) is 0 Å². The Labute approximate surface area is 190 Å². The number of esters is 1. The third-order valence-electron chi connectivity index (χ3n) is 4.90. The summed E-state index contributed by atoms with van der Waals surface area (Å²) in [6, 6.07) is 18.3. The highest BCUT2D eigenvalue weighted by Crippen LogP contribution is 2.26. The number of rotatable bonds is 7. The number of carbonyl (C=O) groups is 3. The molecule has 0 saturated heterocycles. The summed E-state index contributed by atoms with van der Waals surface area (Å²) in [7, 11) is 0. The molecular weight excluding hydrogens is 424 g/mol. The number of benzene rings is 2. The maximum atomic E-state index is 13.1. The van der Waals surface area contributed by atoms with Gasteiger partial charge >= 0.3 is 5.97 Å². The number of hydrazone groups is 1. The molecule has 168 valence electrons. The van der Waals surface area contributed by atoms with E-state index < -0.39 is 12.0 Å². The van der Waals surface area contributed by atoms with Crippen molar-refractivity contribution in [3.63, 3.8) is 0 Å². The smallest absolute Gasteiger partial charge is 0.354 e. The van der Waals surface area contributed by atoms with Crippen LogP contribution in [0.15, 0.2) is 82.5 Å². The van der Waals surface area contributed by atoms with Gasteiger partial charge in [0.05, 0.1) is 18.6 Å². The van der Waals surface area contributed by atoms with Gasteiger partial charge in [0.15, 0.2) is 5.76 Å². The number of anilines is 3. The molecule has 1 aromatic heterocycles. The lowest BCUT2D eigenvalue weighted by Gasteiger charge is -2.22. The highest BCUT2D eigenvalue weighted by atomic mass is 16.5. The van der Waals surface area contributed by atoms with Crippen LogP contribution in [0.4, 0.5) is 17.1 Å². The second-order valence-corrected chi connectivity index (χ2v) is 7.17. The van der Waals surface area contributed by atoms with Gasteiger partial charge in [-0.15, -0.1) is 0 Å². The van der Waals surface area contributed by atoms with Gasteiger partial charge in [0.25, 0.3) is 5.91 Å². The van der Waals surface area contributed by atoms with E-state index >= 15 is 0 Å². The number of furan rings is 1. The normalized spacial score (nSPS) is 15.0. The van der Waals surface area contributed by atoms with Crippen molar-refractivity contribution in [1.29, 1.82) is 0 Å². The van der Waals surface area contributed by atoms with Gasteiger partial charge in [-0.3, -0.25) is 14.6 Å². The van der Waals surface area contributed by atoms with Crippen molar-refractivity contribution in [2.24, 2.45) is 5.10 Å². The zero-order valence-electron chi connectivity index (χ0n) is 17.9. The third-order valence-corrected chi connectivity index (χ3v) is 4.90. The molecule has 1 unspecified atom stereocenters. The van der Waals surface area contributed by atoms with Gasteiger partial charge in [-0.05, 0) is 55.5 Å². The highest BCUT2D eigenvalue weighted by Gasteiger charge is 2.36. The van der Waals surface area contributed by atoms with Crippen LogP contribution in [0.3, 0.4) is 0 Å². The van der Waals surface area contributed by atoms with Crippen LogP contribution >= 0.6 is 0 Å². The van der Waals surface area contributed by atoms with E-state index in [1.54, 1.807) is 43.3 Å². The SMILES string of the molecule is CCOC(=O)C1=NN(c2ccccc2)C(C(=O)Nc2ccc(NC(=O)c3ccco3)cc2)C1. The van der Waals surface area contributed by atoms with Gasteiger partial charge < -0.3 is 19.8 Å². The molecule has 4 rings (SSSR count). The maximum absolute atomic E-state index is 13.1. The minimum atomic E-state index is -0.717. The van der Waals surface area contributed by atoms with Crippen molar-refractivity contribution in [2.75, 3.05) is 22.2 Å². The predicted octanol–water partition coefficient (Wildman–Crippen LogP) is 3.67. The number of hydrogen-bond donors (Lipinski definition) is 2. The van der Waals surface area contributed by atoms with Crippen LogP contribution in [-0.4, -0.2) is 36.1 Å². The molecule has 0 bridgehead atoms. The fourth-order valence-corrected chi connectivity index (χ4v) is 3.33. The third kappa shape index (κ3) is 5.09. The van der Waals surface area contributed by atoms with Crippen molar-refractivity contribution in [1.82, 2.24) is 0 Å². The summed E-state index contributed by atoms with van der Waals surface area (Å²) in [6.45, 7) is 1.94. The second-order valence-electron chi connectivity index (χ2n) is 7.17. The van der Waals surface area contributed by atoms with Crippen LogP contribution in [0.1, 0.15) is 23.9 Å². The Balaban J connectivity index is 1.45. The minimum absolute atomic E-state index is 0.122. The zero-order valence-corrected chi connectivity index (χ0v) is 17.9. The summed E-state index contributed by atoms with van der Waals surface area (Å²) in [4.78, 5) is 37.4. The van der Waals surface area contributed by atoms with Crippen LogP contribution in [0.5, 0.6) is 0 Å². The molecule has 1 aliphatic rings. The average molecular weight is 446 g/mol. The van der Waals surface area contributed by atoms with E-state index in [-0.39, 0.29) is 36.3 Å². The maximum Gasteiger partial charge on any atom is 0.354 e. The molecule has 2 aromatic carbocycles.